The lowest BCUT2D eigenvalue weighted by Gasteiger charge is -2.45. The van der Waals surface area contributed by atoms with Gasteiger partial charge in [0.2, 0.25) is 0 Å². The molecular weight excluding hydrogens is 270 g/mol. The monoisotopic (exact) mass is 297 g/mol. The van der Waals surface area contributed by atoms with E-state index >= 15 is 0 Å². The summed E-state index contributed by atoms with van der Waals surface area (Å²) in [5.74, 6) is -0.959. The van der Waals surface area contributed by atoms with Crippen LogP contribution in [0, 0.1) is 0 Å². The Hall–Kier alpha value is -0.650. The van der Waals surface area contributed by atoms with Crippen molar-refractivity contribution in [3.8, 4) is 0 Å². The van der Waals surface area contributed by atoms with Gasteiger partial charge in [-0.15, -0.1) is 0 Å². The predicted octanol–water partition coefficient (Wildman–Crippen LogP) is 2.39. The Balaban J connectivity index is 1.55. The van der Waals surface area contributed by atoms with Gasteiger partial charge in [0.15, 0.2) is 5.79 Å². The zero-order chi connectivity index (χ0) is 14.7. The summed E-state index contributed by atoms with van der Waals surface area (Å²) in [6.45, 7) is 2.59. The molecule has 0 radical (unpaired) electrons. The van der Waals surface area contributed by atoms with Gasteiger partial charge in [0.1, 0.15) is 0 Å². The number of hydrogen-bond donors (Lipinski definition) is 1. The van der Waals surface area contributed by atoms with E-state index in [1.807, 2.05) is 0 Å². The standard InChI is InChI=1S/C16H27NO4/c18-15(19)5-4-13-3-1-2-10-17(13)14-6-8-16(9-7-14)20-11-12-21-16/h13-14H,1-12H2,(H,18,19). The molecule has 1 spiro atoms. The molecule has 0 aromatic heterocycles. The normalized spacial score (nSPS) is 30.8. The first-order valence-electron chi connectivity index (χ1n) is 8.44. The molecule has 0 amide bonds. The van der Waals surface area contributed by atoms with Gasteiger partial charge in [-0.2, -0.15) is 0 Å². The SMILES string of the molecule is O=C(O)CCC1CCCCN1C1CCC2(CC1)OCCO2. The molecule has 2 aliphatic heterocycles. The molecule has 0 bridgehead atoms. The number of likely N-dealkylation sites (tertiary alicyclic amines) is 1. The number of hydrogen-bond acceptors (Lipinski definition) is 4. The molecule has 3 aliphatic rings. The molecule has 0 aromatic carbocycles. The van der Waals surface area contributed by atoms with Crippen LogP contribution in [0.3, 0.4) is 0 Å². The zero-order valence-electron chi connectivity index (χ0n) is 12.8. The molecule has 1 N–H and O–H groups in total. The smallest absolute Gasteiger partial charge is 0.303 e. The molecule has 0 aromatic rings. The lowest BCUT2D eigenvalue weighted by molar-refractivity contribution is -0.185. The number of aliphatic carboxylic acids is 1. The Bertz CT molecular complexity index is 357. The van der Waals surface area contributed by atoms with Crippen LogP contribution >= 0.6 is 0 Å². The van der Waals surface area contributed by atoms with Crippen molar-refractivity contribution in [2.45, 2.75) is 75.7 Å². The van der Waals surface area contributed by atoms with Crippen LogP contribution in [0.5, 0.6) is 0 Å². The lowest BCUT2D eigenvalue weighted by atomic mass is 9.86. The molecule has 2 heterocycles. The highest BCUT2D eigenvalue weighted by Gasteiger charge is 2.42. The quantitative estimate of drug-likeness (QED) is 0.863. The highest BCUT2D eigenvalue weighted by molar-refractivity contribution is 5.66. The third-order valence-electron chi connectivity index (χ3n) is 5.36. The molecule has 1 saturated carbocycles. The molecule has 3 fully saturated rings. The third-order valence-corrected chi connectivity index (χ3v) is 5.36. The van der Waals surface area contributed by atoms with Crippen molar-refractivity contribution >= 4 is 5.97 Å². The maximum absolute atomic E-state index is 10.8. The van der Waals surface area contributed by atoms with Gasteiger partial charge in [0.25, 0.3) is 0 Å². The molecule has 1 atom stereocenters. The van der Waals surface area contributed by atoms with Gasteiger partial charge in [-0.05, 0) is 38.6 Å². The Morgan fingerprint density at radius 1 is 1.14 bits per heavy atom. The van der Waals surface area contributed by atoms with Crippen molar-refractivity contribution in [1.82, 2.24) is 4.90 Å². The molecule has 3 rings (SSSR count). The van der Waals surface area contributed by atoms with E-state index in [1.54, 1.807) is 0 Å². The fraction of sp³-hybridized carbons (Fsp3) is 0.938. The highest BCUT2D eigenvalue weighted by atomic mass is 16.7. The van der Waals surface area contributed by atoms with Gasteiger partial charge >= 0.3 is 5.97 Å². The topological polar surface area (TPSA) is 59.0 Å². The fourth-order valence-corrected chi connectivity index (χ4v) is 4.26. The highest BCUT2D eigenvalue weighted by Crippen LogP contribution is 2.39. The van der Waals surface area contributed by atoms with E-state index in [2.05, 4.69) is 4.90 Å². The number of carboxylic acids is 1. The number of nitrogens with zero attached hydrogens (tertiary/aromatic N) is 1. The maximum atomic E-state index is 10.8. The summed E-state index contributed by atoms with van der Waals surface area (Å²) in [6.07, 6.45) is 8.94. The van der Waals surface area contributed by atoms with E-state index in [9.17, 15) is 4.79 Å². The van der Waals surface area contributed by atoms with Crippen LogP contribution in [-0.4, -0.2) is 53.6 Å². The van der Waals surface area contributed by atoms with E-state index in [4.69, 9.17) is 14.6 Å². The summed E-state index contributed by atoms with van der Waals surface area (Å²) < 4.78 is 11.6. The largest absolute Gasteiger partial charge is 0.481 e. The van der Waals surface area contributed by atoms with Crippen LogP contribution in [0.2, 0.25) is 0 Å². The molecule has 120 valence electrons. The Morgan fingerprint density at radius 2 is 1.86 bits per heavy atom. The van der Waals surface area contributed by atoms with Gasteiger partial charge in [-0.25, -0.2) is 0 Å². The average molecular weight is 297 g/mol. The summed E-state index contributed by atoms with van der Waals surface area (Å²) in [6, 6.07) is 1.04. The Labute approximate surface area is 126 Å². The number of carboxylic acid groups (broad SMARTS) is 1. The second-order valence-electron chi connectivity index (χ2n) is 6.66. The molecular formula is C16H27NO4. The van der Waals surface area contributed by atoms with Crippen molar-refractivity contribution in [2.24, 2.45) is 0 Å². The molecule has 5 nitrogen and oxygen atoms in total. The van der Waals surface area contributed by atoms with E-state index in [0.717, 1.165) is 58.3 Å². The second-order valence-corrected chi connectivity index (χ2v) is 6.66. The summed E-state index contributed by atoms with van der Waals surface area (Å²) in [7, 11) is 0. The predicted molar refractivity (Wildman–Crippen MR) is 78.1 cm³/mol. The van der Waals surface area contributed by atoms with Crippen LogP contribution < -0.4 is 0 Å². The summed E-state index contributed by atoms with van der Waals surface area (Å²) in [5.41, 5.74) is 0. The van der Waals surface area contributed by atoms with Gasteiger partial charge in [-0.3, -0.25) is 9.69 Å². The summed E-state index contributed by atoms with van der Waals surface area (Å²) in [4.78, 5) is 13.4. The minimum atomic E-state index is -0.670. The maximum Gasteiger partial charge on any atom is 0.303 e. The molecule has 1 unspecified atom stereocenters. The summed E-state index contributed by atoms with van der Waals surface area (Å²) in [5, 5.41) is 8.93. The van der Waals surface area contributed by atoms with E-state index in [0.29, 0.717) is 18.5 Å². The minimum Gasteiger partial charge on any atom is -0.481 e. The first-order valence-corrected chi connectivity index (χ1v) is 8.44. The first-order chi connectivity index (χ1) is 10.2. The zero-order valence-corrected chi connectivity index (χ0v) is 12.8. The van der Waals surface area contributed by atoms with Crippen LogP contribution in [0.15, 0.2) is 0 Å². The van der Waals surface area contributed by atoms with Crippen molar-refractivity contribution in [3.63, 3.8) is 0 Å². The lowest BCUT2D eigenvalue weighted by Crippen LogP contribution is -2.50. The Morgan fingerprint density at radius 3 is 2.52 bits per heavy atom. The minimum absolute atomic E-state index is 0.289. The van der Waals surface area contributed by atoms with Crippen LogP contribution in [0.4, 0.5) is 0 Å². The van der Waals surface area contributed by atoms with Gasteiger partial charge in [0.05, 0.1) is 13.2 Å². The molecule has 1 aliphatic carbocycles. The second kappa shape index (κ2) is 6.63. The van der Waals surface area contributed by atoms with E-state index < -0.39 is 5.97 Å². The van der Waals surface area contributed by atoms with E-state index in [-0.39, 0.29) is 5.79 Å². The average Bonchev–Trinajstić information content (AvgIpc) is 2.95. The van der Waals surface area contributed by atoms with Crippen LogP contribution in [0.25, 0.3) is 0 Å². The number of piperidine rings is 1. The van der Waals surface area contributed by atoms with Crippen LogP contribution in [0.1, 0.15) is 57.8 Å². The van der Waals surface area contributed by atoms with E-state index in [1.165, 1.54) is 12.8 Å². The van der Waals surface area contributed by atoms with Crippen molar-refractivity contribution < 1.29 is 19.4 Å². The molecule has 5 heteroatoms. The third kappa shape index (κ3) is 3.58. The van der Waals surface area contributed by atoms with Crippen molar-refractivity contribution in [1.29, 1.82) is 0 Å². The van der Waals surface area contributed by atoms with Crippen LogP contribution in [-0.2, 0) is 14.3 Å². The van der Waals surface area contributed by atoms with Gasteiger partial charge in [0, 0.05) is 31.3 Å². The first kappa shape index (κ1) is 15.3. The van der Waals surface area contributed by atoms with Gasteiger partial charge in [-0.1, -0.05) is 6.42 Å². The number of ether oxygens (including phenoxy) is 2. The number of rotatable bonds is 4. The van der Waals surface area contributed by atoms with Crippen molar-refractivity contribution in [2.75, 3.05) is 19.8 Å². The molecule has 2 saturated heterocycles. The number of carbonyl (C=O) groups is 1. The molecule has 21 heavy (non-hydrogen) atoms. The van der Waals surface area contributed by atoms with Crippen molar-refractivity contribution in [3.05, 3.63) is 0 Å². The Kier molecular flexibility index (Phi) is 4.82. The fourth-order valence-electron chi connectivity index (χ4n) is 4.26. The summed E-state index contributed by atoms with van der Waals surface area (Å²) >= 11 is 0. The van der Waals surface area contributed by atoms with Gasteiger partial charge < -0.3 is 14.6 Å².